The Morgan fingerprint density at radius 2 is 1.48 bits per heavy atom. The molecule has 0 aliphatic rings. The quantitative estimate of drug-likeness (QED) is 0.409. The van der Waals surface area contributed by atoms with Crippen LogP contribution in [0, 0.1) is 20.8 Å². The minimum Gasteiger partial charge on any atom is -0.507 e. The molecular formula is C27H27N3O. The Morgan fingerprint density at radius 3 is 2.19 bits per heavy atom. The standard InChI is InChI=1S/C27H27N3O/c1-17-8-5-6-11-25(17)30(4)23-10-7-9-20(14-23)24-15-22(16-29-27(24)28)21-12-18(2)26(31)19(3)13-21/h5-16,31H,1-4H3,(H2,28,29). The third-order valence-corrected chi connectivity index (χ3v) is 5.76. The summed E-state index contributed by atoms with van der Waals surface area (Å²) in [6, 6.07) is 22.7. The number of aryl methyl sites for hydroxylation is 3. The van der Waals surface area contributed by atoms with E-state index in [1.54, 1.807) is 6.20 Å². The summed E-state index contributed by atoms with van der Waals surface area (Å²) in [7, 11) is 2.07. The van der Waals surface area contributed by atoms with Crippen molar-refractivity contribution in [1.29, 1.82) is 0 Å². The summed E-state index contributed by atoms with van der Waals surface area (Å²) >= 11 is 0. The summed E-state index contributed by atoms with van der Waals surface area (Å²) in [4.78, 5) is 6.64. The number of hydrogen-bond acceptors (Lipinski definition) is 4. The Morgan fingerprint density at radius 1 is 0.774 bits per heavy atom. The number of pyridine rings is 1. The van der Waals surface area contributed by atoms with E-state index >= 15 is 0 Å². The van der Waals surface area contributed by atoms with Gasteiger partial charge in [0.05, 0.1) is 0 Å². The number of aromatic nitrogens is 1. The molecule has 0 fully saturated rings. The average Bonchev–Trinajstić information content (AvgIpc) is 2.77. The van der Waals surface area contributed by atoms with Crippen LogP contribution in [-0.2, 0) is 0 Å². The molecule has 31 heavy (non-hydrogen) atoms. The van der Waals surface area contributed by atoms with Gasteiger partial charge in [-0.1, -0.05) is 30.3 Å². The highest BCUT2D eigenvalue weighted by Crippen LogP contribution is 2.35. The smallest absolute Gasteiger partial charge is 0.131 e. The Kier molecular flexibility index (Phi) is 5.38. The van der Waals surface area contributed by atoms with Crippen LogP contribution in [0.3, 0.4) is 0 Å². The highest BCUT2D eigenvalue weighted by molar-refractivity contribution is 5.82. The summed E-state index contributed by atoms with van der Waals surface area (Å²) < 4.78 is 0. The fourth-order valence-electron chi connectivity index (χ4n) is 3.95. The van der Waals surface area contributed by atoms with Crippen LogP contribution < -0.4 is 10.6 Å². The Bertz CT molecular complexity index is 1240. The van der Waals surface area contributed by atoms with Crippen molar-refractivity contribution >= 4 is 17.2 Å². The minimum absolute atomic E-state index is 0.333. The van der Waals surface area contributed by atoms with E-state index in [9.17, 15) is 5.11 Å². The summed E-state index contributed by atoms with van der Waals surface area (Å²) in [6.07, 6.45) is 1.79. The van der Waals surface area contributed by atoms with Crippen molar-refractivity contribution in [1.82, 2.24) is 4.98 Å². The number of nitrogen functional groups attached to an aromatic ring is 1. The molecule has 1 heterocycles. The maximum Gasteiger partial charge on any atom is 0.131 e. The summed E-state index contributed by atoms with van der Waals surface area (Å²) in [5, 5.41) is 10.1. The fraction of sp³-hybridized carbons (Fsp3) is 0.148. The highest BCUT2D eigenvalue weighted by atomic mass is 16.3. The molecule has 4 rings (SSSR count). The van der Waals surface area contributed by atoms with Gasteiger partial charge in [-0.05, 0) is 85.0 Å². The van der Waals surface area contributed by atoms with Crippen molar-refractivity contribution < 1.29 is 5.11 Å². The SMILES string of the molecule is Cc1ccccc1N(C)c1cccc(-c2cc(-c3cc(C)c(O)c(C)c3)cnc2N)c1. The van der Waals surface area contributed by atoms with Gasteiger partial charge in [-0.3, -0.25) is 0 Å². The first-order valence-corrected chi connectivity index (χ1v) is 10.3. The van der Waals surface area contributed by atoms with Crippen LogP contribution in [-0.4, -0.2) is 17.1 Å². The lowest BCUT2D eigenvalue weighted by Crippen LogP contribution is -2.10. The third-order valence-electron chi connectivity index (χ3n) is 5.76. The van der Waals surface area contributed by atoms with Gasteiger partial charge in [-0.25, -0.2) is 4.98 Å². The molecule has 0 atom stereocenters. The molecule has 0 bridgehead atoms. The molecular weight excluding hydrogens is 382 g/mol. The number of benzene rings is 3. The molecule has 4 aromatic rings. The molecule has 3 N–H and O–H groups in total. The lowest BCUT2D eigenvalue weighted by Gasteiger charge is -2.22. The summed E-state index contributed by atoms with van der Waals surface area (Å²) in [6.45, 7) is 5.92. The second-order valence-corrected chi connectivity index (χ2v) is 8.01. The van der Waals surface area contributed by atoms with Crippen LogP contribution in [0.4, 0.5) is 17.2 Å². The van der Waals surface area contributed by atoms with E-state index in [-0.39, 0.29) is 0 Å². The number of phenolic OH excluding ortho intramolecular Hbond substituents is 1. The van der Waals surface area contributed by atoms with E-state index < -0.39 is 0 Å². The number of phenols is 1. The molecule has 0 unspecified atom stereocenters. The van der Waals surface area contributed by atoms with Crippen molar-refractivity contribution in [3.05, 3.63) is 89.6 Å². The monoisotopic (exact) mass is 409 g/mol. The predicted octanol–water partition coefficient (Wildman–Crippen LogP) is 6.40. The molecule has 0 saturated carbocycles. The molecule has 0 aliphatic heterocycles. The Balaban J connectivity index is 1.76. The highest BCUT2D eigenvalue weighted by Gasteiger charge is 2.12. The maximum atomic E-state index is 10.1. The first-order chi connectivity index (χ1) is 14.8. The van der Waals surface area contributed by atoms with Gasteiger partial charge in [0.25, 0.3) is 0 Å². The zero-order valence-corrected chi connectivity index (χ0v) is 18.3. The van der Waals surface area contributed by atoms with Gasteiger partial charge in [0, 0.05) is 35.7 Å². The van der Waals surface area contributed by atoms with Crippen LogP contribution in [0.15, 0.2) is 72.9 Å². The molecule has 156 valence electrons. The van der Waals surface area contributed by atoms with Crippen LogP contribution in [0.2, 0.25) is 0 Å². The molecule has 0 radical (unpaired) electrons. The van der Waals surface area contributed by atoms with Gasteiger partial charge in [-0.15, -0.1) is 0 Å². The number of hydrogen-bond donors (Lipinski definition) is 2. The third kappa shape index (κ3) is 3.97. The number of nitrogens with zero attached hydrogens (tertiary/aromatic N) is 2. The van der Waals surface area contributed by atoms with E-state index in [0.717, 1.165) is 44.8 Å². The second-order valence-electron chi connectivity index (χ2n) is 8.01. The first-order valence-electron chi connectivity index (χ1n) is 10.3. The van der Waals surface area contributed by atoms with Crippen molar-refractivity contribution in [3.8, 4) is 28.0 Å². The number of aromatic hydroxyl groups is 1. The van der Waals surface area contributed by atoms with Crippen molar-refractivity contribution in [2.75, 3.05) is 17.7 Å². The average molecular weight is 410 g/mol. The molecule has 0 amide bonds. The van der Waals surface area contributed by atoms with E-state index in [4.69, 9.17) is 5.73 Å². The Labute approximate surface area is 183 Å². The zero-order valence-electron chi connectivity index (χ0n) is 18.3. The predicted molar refractivity (Wildman–Crippen MR) is 130 cm³/mol. The van der Waals surface area contributed by atoms with Gasteiger partial charge < -0.3 is 15.7 Å². The normalized spacial score (nSPS) is 10.8. The molecule has 1 aromatic heterocycles. The largest absolute Gasteiger partial charge is 0.507 e. The number of nitrogens with two attached hydrogens (primary N) is 1. The fourth-order valence-corrected chi connectivity index (χ4v) is 3.95. The van der Waals surface area contributed by atoms with Gasteiger partial charge in [0.2, 0.25) is 0 Å². The van der Waals surface area contributed by atoms with Crippen LogP contribution in [0.1, 0.15) is 16.7 Å². The van der Waals surface area contributed by atoms with E-state index in [1.165, 1.54) is 5.56 Å². The van der Waals surface area contributed by atoms with Crippen LogP contribution in [0.25, 0.3) is 22.3 Å². The maximum absolute atomic E-state index is 10.1. The van der Waals surface area contributed by atoms with Crippen molar-refractivity contribution in [2.24, 2.45) is 0 Å². The molecule has 4 heteroatoms. The van der Waals surface area contributed by atoms with E-state index in [1.807, 2.05) is 38.1 Å². The van der Waals surface area contributed by atoms with Gasteiger partial charge in [0.15, 0.2) is 0 Å². The lowest BCUT2D eigenvalue weighted by molar-refractivity contribution is 0.467. The topological polar surface area (TPSA) is 62.4 Å². The molecule has 0 saturated heterocycles. The molecule has 0 spiro atoms. The van der Waals surface area contributed by atoms with Crippen LogP contribution >= 0.6 is 0 Å². The number of para-hydroxylation sites is 1. The van der Waals surface area contributed by atoms with E-state index in [2.05, 4.69) is 66.3 Å². The van der Waals surface area contributed by atoms with E-state index in [0.29, 0.717) is 11.6 Å². The zero-order chi connectivity index (χ0) is 22.1. The molecule has 4 nitrogen and oxygen atoms in total. The Hall–Kier alpha value is -3.79. The van der Waals surface area contributed by atoms with Gasteiger partial charge in [0.1, 0.15) is 11.6 Å². The van der Waals surface area contributed by atoms with Gasteiger partial charge in [-0.2, -0.15) is 0 Å². The molecule has 0 aliphatic carbocycles. The van der Waals surface area contributed by atoms with Crippen molar-refractivity contribution in [2.45, 2.75) is 20.8 Å². The molecule has 3 aromatic carbocycles. The van der Waals surface area contributed by atoms with Crippen molar-refractivity contribution in [3.63, 3.8) is 0 Å². The van der Waals surface area contributed by atoms with Gasteiger partial charge >= 0.3 is 0 Å². The summed E-state index contributed by atoms with van der Waals surface area (Å²) in [5.74, 6) is 0.825. The first kappa shape index (κ1) is 20.5. The summed E-state index contributed by atoms with van der Waals surface area (Å²) in [5.41, 5.74) is 15.3. The minimum atomic E-state index is 0.333. The second kappa shape index (κ2) is 8.15. The number of rotatable bonds is 4. The van der Waals surface area contributed by atoms with Crippen LogP contribution in [0.5, 0.6) is 5.75 Å². The number of anilines is 3. The lowest BCUT2D eigenvalue weighted by atomic mass is 9.97.